The molecular weight excluding hydrogens is 282 g/mol. The minimum absolute atomic E-state index is 0.559. The van der Waals surface area contributed by atoms with Gasteiger partial charge in [-0.05, 0) is 34.7 Å². The number of guanidine groups is 1. The summed E-state index contributed by atoms with van der Waals surface area (Å²) in [6.45, 7) is 12.0. The van der Waals surface area contributed by atoms with E-state index >= 15 is 0 Å². The number of aromatic nitrogens is 1. The maximum atomic E-state index is 4.61. The molecule has 1 aromatic heterocycles. The van der Waals surface area contributed by atoms with Crippen LogP contribution >= 0.6 is 11.3 Å². The van der Waals surface area contributed by atoms with Crippen LogP contribution in [0.2, 0.25) is 0 Å². The summed E-state index contributed by atoms with van der Waals surface area (Å²) >= 11 is 1.70. The molecule has 0 aromatic carbocycles. The van der Waals surface area contributed by atoms with Crippen molar-refractivity contribution in [3.05, 3.63) is 16.1 Å². The predicted octanol–water partition coefficient (Wildman–Crippen LogP) is 1.89. The Labute approximate surface area is 132 Å². The highest BCUT2D eigenvalue weighted by atomic mass is 32.1. The molecular formula is C15H29N5S. The van der Waals surface area contributed by atoms with Gasteiger partial charge >= 0.3 is 0 Å². The minimum atomic E-state index is 0.559. The monoisotopic (exact) mass is 311 g/mol. The Bertz CT molecular complexity index is 427. The van der Waals surface area contributed by atoms with E-state index in [4.69, 9.17) is 0 Å². The number of rotatable bonds is 8. The first-order valence-electron chi connectivity index (χ1n) is 7.66. The van der Waals surface area contributed by atoms with Gasteiger partial charge in [-0.1, -0.05) is 0 Å². The van der Waals surface area contributed by atoms with Crippen molar-refractivity contribution in [2.24, 2.45) is 4.99 Å². The van der Waals surface area contributed by atoms with Gasteiger partial charge in [-0.25, -0.2) is 4.98 Å². The predicted molar refractivity (Wildman–Crippen MR) is 92.3 cm³/mol. The van der Waals surface area contributed by atoms with Crippen LogP contribution in [0.25, 0.3) is 0 Å². The van der Waals surface area contributed by atoms with Gasteiger partial charge in [0, 0.05) is 37.5 Å². The SMILES string of the molecule is CCNC(=NCCN(C)C(C)C)NCCc1csc(C)n1. The molecule has 21 heavy (non-hydrogen) atoms. The Morgan fingerprint density at radius 2 is 2.19 bits per heavy atom. The third kappa shape index (κ3) is 7.43. The molecule has 1 rings (SSSR count). The van der Waals surface area contributed by atoms with Crippen LogP contribution in [0.3, 0.4) is 0 Å². The highest BCUT2D eigenvalue weighted by Crippen LogP contribution is 2.07. The standard InChI is InChI=1S/C15H29N5S/c1-6-16-15(18-9-10-20(5)12(2)3)17-8-7-14-11-21-13(4)19-14/h11-12H,6-10H2,1-5H3,(H2,16,17,18). The minimum Gasteiger partial charge on any atom is -0.357 e. The van der Waals surface area contributed by atoms with E-state index in [1.54, 1.807) is 11.3 Å². The van der Waals surface area contributed by atoms with Crippen molar-refractivity contribution in [2.45, 2.75) is 40.2 Å². The summed E-state index contributed by atoms with van der Waals surface area (Å²) in [4.78, 5) is 11.4. The van der Waals surface area contributed by atoms with Gasteiger partial charge in [0.15, 0.2) is 5.96 Å². The first kappa shape index (κ1) is 17.9. The molecule has 120 valence electrons. The molecule has 0 aliphatic heterocycles. The lowest BCUT2D eigenvalue weighted by Gasteiger charge is -2.20. The lowest BCUT2D eigenvalue weighted by Crippen LogP contribution is -2.39. The molecule has 5 nitrogen and oxygen atoms in total. The Balaban J connectivity index is 2.34. The van der Waals surface area contributed by atoms with Gasteiger partial charge in [0.25, 0.3) is 0 Å². The summed E-state index contributed by atoms with van der Waals surface area (Å²) in [7, 11) is 2.13. The molecule has 1 aromatic rings. The van der Waals surface area contributed by atoms with Crippen molar-refractivity contribution in [3.8, 4) is 0 Å². The van der Waals surface area contributed by atoms with E-state index in [9.17, 15) is 0 Å². The second-order valence-corrected chi connectivity index (χ2v) is 6.43. The summed E-state index contributed by atoms with van der Waals surface area (Å²) in [6, 6.07) is 0.559. The maximum Gasteiger partial charge on any atom is 0.191 e. The smallest absolute Gasteiger partial charge is 0.191 e. The van der Waals surface area contributed by atoms with Gasteiger partial charge in [-0.3, -0.25) is 4.99 Å². The fourth-order valence-electron chi connectivity index (χ4n) is 1.75. The molecule has 0 saturated carbocycles. The molecule has 0 spiro atoms. The Morgan fingerprint density at radius 1 is 1.43 bits per heavy atom. The molecule has 6 heteroatoms. The summed E-state index contributed by atoms with van der Waals surface area (Å²) in [5.41, 5.74) is 1.15. The van der Waals surface area contributed by atoms with Crippen molar-refractivity contribution >= 4 is 17.3 Å². The number of aliphatic imine (C=N–C) groups is 1. The lowest BCUT2D eigenvalue weighted by molar-refractivity contribution is 0.282. The van der Waals surface area contributed by atoms with E-state index < -0.39 is 0 Å². The van der Waals surface area contributed by atoms with Gasteiger partial charge in [0.2, 0.25) is 0 Å². The van der Waals surface area contributed by atoms with Crippen molar-refractivity contribution in [2.75, 3.05) is 33.2 Å². The van der Waals surface area contributed by atoms with Gasteiger partial charge in [-0.2, -0.15) is 0 Å². The topological polar surface area (TPSA) is 52.6 Å². The quantitative estimate of drug-likeness (QED) is 0.569. The zero-order valence-electron chi connectivity index (χ0n) is 13.9. The van der Waals surface area contributed by atoms with E-state index in [1.165, 1.54) is 0 Å². The number of thiazole rings is 1. The first-order valence-corrected chi connectivity index (χ1v) is 8.54. The van der Waals surface area contributed by atoms with Crippen molar-refractivity contribution < 1.29 is 0 Å². The molecule has 0 amide bonds. The summed E-state index contributed by atoms with van der Waals surface area (Å²) in [5.74, 6) is 0.890. The molecule has 0 unspecified atom stereocenters. The number of hydrogen-bond donors (Lipinski definition) is 2. The average molecular weight is 311 g/mol. The van der Waals surface area contributed by atoms with Crippen molar-refractivity contribution in [3.63, 3.8) is 0 Å². The van der Waals surface area contributed by atoms with Crippen LogP contribution in [0.1, 0.15) is 31.5 Å². The summed E-state index contributed by atoms with van der Waals surface area (Å²) in [6.07, 6.45) is 0.931. The summed E-state index contributed by atoms with van der Waals surface area (Å²) in [5, 5.41) is 9.90. The van der Waals surface area contributed by atoms with Crippen LogP contribution in [0.5, 0.6) is 0 Å². The van der Waals surface area contributed by atoms with Crippen LogP contribution in [-0.4, -0.2) is 55.1 Å². The molecule has 0 saturated heterocycles. The fraction of sp³-hybridized carbons (Fsp3) is 0.733. The van der Waals surface area contributed by atoms with Gasteiger partial charge in [0.1, 0.15) is 0 Å². The van der Waals surface area contributed by atoms with E-state index in [1.807, 2.05) is 6.92 Å². The molecule has 0 aliphatic rings. The Morgan fingerprint density at radius 3 is 2.76 bits per heavy atom. The second-order valence-electron chi connectivity index (χ2n) is 5.37. The van der Waals surface area contributed by atoms with Crippen LogP contribution in [0.15, 0.2) is 10.4 Å². The molecule has 1 heterocycles. The fourth-order valence-corrected chi connectivity index (χ4v) is 2.40. The first-order chi connectivity index (χ1) is 10.0. The van der Waals surface area contributed by atoms with E-state index in [0.717, 1.165) is 49.3 Å². The van der Waals surface area contributed by atoms with Gasteiger partial charge in [0.05, 0.1) is 17.2 Å². The third-order valence-electron chi connectivity index (χ3n) is 3.29. The number of aryl methyl sites for hydroxylation is 1. The third-order valence-corrected chi connectivity index (χ3v) is 4.11. The molecule has 0 radical (unpaired) electrons. The van der Waals surface area contributed by atoms with Crippen LogP contribution in [-0.2, 0) is 6.42 Å². The number of nitrogens with one attached hydrogen (secondary N) is 2. The molecule has 0 atom stereocenters. The molecule has 0 bridgehead atoms. The van der Waals surface area contributed by atoms with Crippen LogP contribution in [0, 0.1) is 6.92 Å². The van der Waals surface area contributed by atoms with E-state index in [-0.39, 0.29) is 0 Å². The number of hydrogen-bond acceptors (Lipinski definition) is 4. The maximum absolute atomic E-state index is 4.61. The highest BCUT2D eigenvalue weighted by Gasteiger charge is 2.03. The molecule has 2 N–H and O–H groups in total. The highest BCUT2D eigenvalue weighted by molar-refractivity contribution is 7.09. The Hall–Kier alpha value is -1.14. The summed E-state index contributed by atoms with van der Waals surface area (Å²) < 4.78 is 0. The Kier molecular flexibility index (Phi) is 8.30. The van der Waals surface area contributed by atoms with Gasteiger partial charge < -0.3 is 15.5 Å². The average Bonchev–Trinajstić information content (AvgIpc) is 2.84. The van der Waals surface area contributed by atoms with E-state index in [2.05, 4.69) is 58.7 Å². The largest absolute Gasteiger partial charge is 0.357 e. The lowest BCUT2D eigenvalue weighted by atomic mass is 10.3. The zero-order chi connectivity index (χ0) is 15.7. The van der Waals surface area contributed by atoms with Gasteiger partial charge in [-0.15, -0.1) is 11.3 Å². The van der Waals surface area contributed by atoms with Crippen LogP contribution < -0.4 is 10.6 Å². The number of likely N-dealkylation sites (N-methyl/N-ethyl adjacent to an activating group) is 1. The van der Waals surface area contributed by atoms with Crippen molar-refractivity contribution in [1.29, 1.82) is 0 Å². The zero-order valence-corrected chi connectivity index (χ0v) is 14.8. The second kappa shape index (κ2) is 9.73. The molecule has 0 aliphatic carbocycles. The normalized spacial score (nSPS) is 12.2. The number of nitrogens with zero attached hydrogens (tertiary/aromatic N) is 3. The molecule has 0 fully saturated rings. The van der Waals surface area contributed by atoms with Crippen molar-refractivity contribution in [1.82, 2.24) is 20.5 Å². The van der Waals surface area contributed by atoms with E-state index in [0.29, 0.717) is 6.04 Å². The van der Waals surface area contributed by atoms with Crippen LogP contribution in [0.4, 0.5) is 0 Å².